The van der Waals surface area contributed by atoms with Gasteiger partial charge in [0.05, 0.1) is 11.6 Å². The van der Waals surface area contributed by atoms with Crippen molar-refractivity contribution < 1.29 is 9.90 Å². The van der Waals surface area contributed by atoms with Crippen molar-refractivity contribution in [3.8, 4) is 0 Å². The number of fused-ring (bicyclic) bond motifs is 3. The average Bonchev–Trinajstić information content (AvgIpc) is 3.04. The van der Waals surface area contributed by atoms with Crippen LogP contribution in [0.15, 0.2) is 46.9 Å². The second-order valence-electron chi connectivity index (χ2n) is 6.48. The third-order valence-corrected chi connectivity index (χ3v) is 5.73. The van der Waals surface area contributed by atoms with E-state index in [1.165, 1.54) is 36.1 Å². The highest BCUT2D eigenvalue weighted by Gasteiger charge is 2.40. The number of hydrogen-bond acceptors (Lipinski definition) is 2. The molecule has 3 nitrogen and oxygen atoms in total. The molecule has 2 aliphatic rings. The third kappa shape index (κ3) is 2.55. The van der Waals surface area contributed by atoms with Crippen molar-refractivity contribution in [3.05, 3.63) is 63.6 Å². The highest BCUT2D eigenvalue weighted by atomic mass is 79.9. The maximum atomic E-state index is 11.0. The molecule has 2 N–H and O–H groups in total. The Kier molecular flexibility index (Phi) is 3.64. The second kappa shape index (κ2) is 5.68. The number of carboxylic acids is 1. The van der Waals surface area contributed by atoms with Crippen LogP contribution >= 0.6 is 15.9 Å². The molecular weight excluding hydrogens is 354 g/mol. The Morgan fingerprint density at radius 2 is 1.91 bits per heavy atom. The molecule has 0 bridgehead atoms. The van der Waals surface area contributed by atoms with Crippen molar-refractivity contribution in [2.45, 2.75) is 31.2 Å². The Labute approximate surface area is 143 Å². The van der Waals surface area contributed by atoms with Gasteiger partial charge in [-0.25, -0.2) is 4.79 Å². The zero-order chi connectivity index (χ0) is 16.0. The van der Waals surface area contributed by atoms with E-state index >= 15 is 0 Å². The average molecular weight is 372 g/mol. The van der Waals surface area contributed by atoms with E-state index < -0.39 is 5.97 Å². The first-order chi connectivity index (χ1) is 11.1. The van der Waals surface area contributed by atoms with Crippen molar-refractivity contribution in [3.63, 3.8) is 0 Å². The Bertz CT molecular complexity index is 756. The van der Waals surface area contributed by atoms with Gasteiger partial charge >= 0.3 is 5.97 Å². The Morgan fingerprint density at radius 1 is 1.13 bits per heavy atom. The third-order valence-electron chi connectivity index (χ3n) is 5.24. The first-order valence-electron chi connectivity index (χ1n) is 8.03. The minimum atomic E-state index is -0.873. The topological polar surface area (TPSA) is 49.3 Å². The molecule has 1 aliphatic heterocycles. The molecule has 2 aromatic rings. The summed E-state index contributed by atoms with van der Waals surface area (Å²) in [7, 11) is 0. The molecule has 1 fully saturated rings. The predicted molar refractivity (Wildman–Crippen MR) is 94.0 cm³/mol. The van der Waals surface area contributed by atoms with E-state index in [-0.39, 0.29) is 6.04 Å². The fourth-order valence-corrected chi connectivity index (χ4v) is 4.56. The van der Waals surface area contributed by atoms with Gasteiger partial charge in [-0.3, -0.25) is 0 Å². The first kappa shape index (κ1) is 14.8. The highest BCUT2D eigenvalue weighted by Crippen LogP contribution is 2.53. The molecule has 23 heavy (non-hydrogen) atoms. The molecule has 0 unspecified atom stereocenters. The summed E-state index contributed by atoms with van der Waals surface area (Å²) in [6, 6.07) is 14.1. The maximum Gasteiger partial charge on any atom is 0.335 e. The van der Waals surface area contributed by atoms with Gasteiger partial charge in [0.1, 0.15) is 0 Å². The van der Waals surface area contributed by atoms with Gasteiger partial charge in [-0.1, -0.05) is 34.5 Å². The molecule has 3 atom stereocenters. The standard InChI is InChI=1S/C19H18BrNO2/c20-13-8-9-17-16(10-13)14-2-1-3-15(14)18(21-17)11-4-6-12(7-5-11)19(22)23/h4-10,14-15,18,21H,1-3H2,(H,22,23)/t14-,15+,18+/m1/s1. The summed E-state index contributed by atoms with van der Waals surface area (Å²) in [5.41, 5.74) is 4.15. The Hall–Kier alpha value is -1.81. The molecule has 4 heteroatoms. The lowest BCUT2D eigenvalue weighted by Gasteiger charge is -2.37. The van der Waals surface area contributed by atoms with Crippen LogP contribution in [0.2, 0.25) is 0 Å². The molecule has 0 amide bonds. The molecule has 0 aromatic heterocycles. The number of anilines is 1. The monoisotopic (exact) mass is 371 g/mol. The first-order valence-corrected chi connectivity index (χ1v) is 8.82. The lowest BCUT2D eigenvalue weighted by molar-refractivity contribution is 0.0697. The summed E-state index contributed by atoms with van der Waals surface area (Å²) in [4.78, 5) is 11.0. The number of benzene rings is 2. The van der Waals surface area contributed by atoms with Gasteiger partial charge in [0.2, 0.25) is 0 Å². The summed E-state index contributed by atoms with van der Waals surface area (Å²) in [6.45, 7) is 0. The zero-order valence-electron chi connectivity index (χ0n) is 12.6. The van der Waals surface area contributed by atoms with E-state index in [1.54, 1.807) is 12.1 Å². The number of hydrogen-bond donors (Lipinski definition) is 2. The lowest BCUT2D eigenvalue weighted by atomic mass is 9.77. The van der Waals surface area contributed by atoms with Crippen LogP contribution in [0.5, 0.6) is 0 Å². The van der Waals surface area contributed by atoms with E-state index in [2.05, 4.69) is 39.4 Å². The Balaban J connectivity index is 1.72. The van der Waals surface area contributed by atoms with E-state index in [0.29, 0.717) is 17.4 Å². The van der Waals surface area contributed by atoms with E-state index in [0.717, 1.165) is 4.47 Å². The number of nitrogens with one attached hydrogen (secondary N) is 1. The second-order valence-corrected chi connectivity index (χ2v) is 7.40. The molecular formula is C19H18BrNO2. The van der Waals surface area contributed by atoms with Crippen LogP contribution < -0.4 is 5.32 Å². The smallest absolute Gasteiger partial charge is 0.335 e. The molecule has 0 spiro atoms. The van der Waals surface area contributed by atoms with Crippen LogP contribution in [0.1, 0.15) is 52.7 Å². The van der Waals surface area contributed by atoms with Gasteiger partial charge in [-0.15, -0.1) is 0 Å². The maximum absolute atomic E-state index is 11.0. The minimum Gasteiger partial charge on any atom is -0.478 e. The summed E-state index contributed by atoms with van der Waals surface area (Å²) < 4.78 is 1.13. The van der Waals surface area contributed by atoms with E-state index in [9.17, 15) is 4.79 Å². The lowest BCUT2D eigenvalue weighted by Crippen LogP contribution is -2.28. The molecule has 1 saturated carbocycles. The minimum absolute atomic E-state index is 0.263. The van der Waals surface area contributed by atoms with Crippen molar-refractivity contribution in [1.29, 1.82) is 0 Å². The van der Waals surface area contributed by atoms with Gasteiger partial charge in [0.25, 0.3) is 0 Å². The molecule has 1 heterocycles. The van der Waals surface area contributed by atoms with Crippen molar-refractivity contribution >= 4 is 27.6 Å². The SMILES string of the molecule is O=C(O)c1ccc([C@@H]2Nc3ccc(Br)cc3[C@@H]3CCC[C@@H]32)cc1. The number of halogens is 1. The van der Waals surface area contributed by atoms with Crippen LogP contribution in [0, 0.1) is 5.92 Å². The van der Waals surface area contributed by atoms with Crippen LogP contribution in [0.25, 0.3) is 0 Å². The number of aromatic carboxylic acids is 1. The molecule has 1 aliphatic carbocycles. The number of rotatable bonds is 2. The van der Waals surface area contributed by atoms with Crippen molar-refractivity contribution in [2.24, 2.45) is 5.92 Å². The predicted octanol–water partition coefficient (Wildman–Crippen LogP) is 5.20. The molecule has 0 saturated heterocycles. The van der Waals surface area contributed by atoms with Gasteiger partial charge in [0, 0.05) is 10.2 Å². The van der Waals surface area contributed by atoms with Crippen LogP contribution in [0.3, 0.4) is 0 Å². The molecule has 2 aromatic carbocycles. The van der Waals surface area contributed by atoms with Crippen LogP contribution in [-0.2, 0) is 0 Å². The molecule has 0 radical (unpaired) electrons. The highest BCUT2D eigenvalue weighted by molar-refractivity contribution is 9.10. The van der Waals surface area contributed by atoms with Crippen LogP contribution in [-0.4, -0.2) is 11.1 Å². The molecule has 118 valence electrons. The van der Waals surface area contributed by atoms with Crippen molar-refractivity contribution in [1.82, 2.24) is 0 Å². The fourth-order valence-electron chi connectivity index (χ4n) is 4.18. The van der Waals surface area contributed by atoms with Crippen LogP contribution in [0.4, 0.5) is 5.69 Å². The van der Waals surface area contributed by atoms with Gasteiger partial charge in [-0.05, 0) is 66.1 Å². The van der Waals surface area contributed by atoms with E-state index in [1.807, 2.05) is 12.1 Å². The molecule has 4 rings (SSSR count). The number of carbonyl (C=O) groups is 1. The Morgan fingerprint density at radius 3 is 2.65 bits per heavy atom. The van der Waals surface area contributed by atoms with E-state index in [4.69, 9.17) is 5.11 Å². The summed E-state index contributed by atoms with van der Waals surface area (Å²) in [5, 5.41) is 12.8. The largest absolute Gasteiger partial charge is 0.478 e. The van der Waals surface area contributed by atoms with Gasteiger partial charge in [0.15, 0.2) is 0 Å². The summed E-state index contributed by atoms with van der Waals surface area (Å²) in [5.74, 6) is 0.294. The normalized spacial score (nSPS) is 25.3. The number of carboxylic acid groups (broad SMARTS) is 1. The summed E-state index contributed by atoms with van der Waals surface area (Å²) >= 11 is 3.59. The van der Waals surface area contributed by atoms with Crippen molar-refractivity contribution in [2.75, 3.05) is 5.32 Å². The summed E-state index contributed by atoms with van der Waals surface area (Å²) in [6.07, 6.45) is 3.71. The van der Waals surface area contributed by atoms with Gasteiger partial charge < -0.3 is 10.4 Å². The fraction of sp³-hybridized carbons (Fsp3) is 0.316. The van der Waals surface area contributed by atoms with Gasteiger partial charge in [-0.2, -0.15) is 0 Å². The quantitative estimate of drug-likeness (QED) is 0.762. The zero-order valence-corrected chi connectivity index (χ0v) is 14.2.